The lowest BCUT2D eigenvalue weighted by Crippen LogP contribution is -2.32. The van der Waals surface area contributed by atoms with Gasteiger partial charge in [0.15, 0.2) is 0 Å². The third-order valence-corrected chi connectivity index (χ3v) is 4.84. The second kappa shape index (κ2) is 33.2. The molecule has 0 radical (unpaired) electrons. The summed E-state index contributed by atoms with van der Waals surface area (Å²) in [5.41, 5.74) is 0.579. The molecule has 0 fully saturated rings. The van der Waals surface area contributed by atoms with Crippen molar-refractivity contribution in [2.24, 2.45) is 5.41 Å². The summed E-state index contributed by atoms with van der Waals surface area (Å²) in [4.78, 5) is 50.8. The van der Waals surface area contributed by atoms with Crippen LogP contribution in [0.2, 0.25) is 0 Å². The van der Waals surface area contributed by atoms with Gasteiger partial charge < -0.3 is 49.6 Å². The Morgan fingerprint density at radius 1 is 0.489 bits per heavy atom. The highest BCUT2D eigenvalue weighted by molar-refractivity contribution is 5.87. The van der Waals surface area contributed by atoms with Gasteiger partial charge in [-0.2, -0.15) is 0 Å². The number of carboxylic acids is 3. The van der Waals surface area contributed by atoms with E-state index in [1.807, 2.05) is 6.92 Å². The number of ether oxygens (including phenoxy) is 4. The molecule has 6 N–H and O–H groups in total. The van der Waals surface area contributed by atoms with E-state index >= 15 is 0 Å². The zero-order valence-corrected chi connectivity index (χ0v) is 28.5. The smallest absolute Gasteiger partial charge is 0.333 e. The van der Waals surface area contributed by atoms with Crippen LogP contribution in [-0.2, 0) is 42.9 Å². The average Bonchev–Trinajstić information content (AvgIpc) is 3.00. The maximum absolute atomic E-state index is 11.0. The van der Waals surface area contributed by atoms with Crippen LogP contribution in [0.4, 0.5) is 0 Å². The quantitative estimate of drug-likeness (QED) is 0.0693. The van der Waals surface area contributed by atoms with Crippen molar-refractivity contribution in [3.05, 3.63) is 60.8 Å². The first-order valence-electron chi connectivity index (χ1n) is 13.9. The molecule has 0 rings (SSSR count). The van der Waals surface area contributed by atoms with E-state index < -0.39 is 35.3 Å². The highest BCUT2D eigenvalue weighted by Gasteiger charge is 2.24. The lowest BCUT2D eigenvalue weighted by atomic mass is 9.88. The topological polar surface area (TPSA) is 244 Å². The number of carbonyl (C=O) groups excluding carboxylic acids is 2. The van der Waals surface area contributed by atoms with Crippen LogP contribution in [0.1, 0.15) is 48.0 Å². The molecule has 0 amide bonds. The van der Waals surface area contributed by atoms with Gasteiger partial charge in [-0.3, -0.25) is 0 Å². The van der Waals surface area contributed by atoms with Gasteiger partial charge in [0, 0.05) is 33.3 Å². The molecule has 47 heavy (non-hydrogen) atoms. The van der Waals surface area contributed by atoms with Crippen molar-refractivity contribution in [2.45, 2.75) is 48.0 Å². The minimum atomic E-state index is -0.935. The number of esters is 2. The fraction of sp³-hybridized carbons (Fsp3) is 0.531. The fourth-order valence-electron chi connectivity index (χ4n) is 1.44. The number of aliphatic hydroxyl groups excluding tert-OH is 3. The highest BCUT2D eigenvalue weighted by atomic mass is 16.6. The van der Waals surface area contributed by atoms with Gasteiger partial charge in [0.2, 0.25) is 0 Å². The zero-order chi connectivity index (χ0) is 38.2. The van der Waals surface area contributed by atoms with Gasteiger partial charge in [-0.25, -0.2) is 24.0 Å². The molecule has 0 aromatic carbocycles. The molecular weight excluding hydrogens is 624 g/mol. The third-order valence-electron chi connectivity index (χ3n) is 4.84. The number of hydrogen-bond acceptors (Lipinski definition) is 12. The van der Waals surface area contributed by atoms with Crippen LogP contribution < -0.4 is 0 Å². The standard InChI is InChI=1S/C14H22O6.C6H14O3.3C4H6O2/c1-11(2)13(15)19-9-7-17-5-6-18-8-10-20-14(16)12(3)4;1-2-6(3-7,4-8)5-9;3*1-3(2)4(5)6/h1,3,5-10H2,2,4H3;7-9H,2-5H2,1H3;3*1H2,2H3,(H,5,6). The van der Waals surface area contributed by atoms with Crippen LogP contribution in [0, 0.1) is 5.41 Å². The second-order valence-electron chi connectivity index (χ2n) is 9.64. The van der Waals surface area contributed by atoms with E-state index in [0.29, 0.717) is 44.0 Å². The monoisotopic (exact) mass is 678 g/mol. The molecule has 0 aliphatic rings. The zero-order valence-electron chi connectivity index (χ0n) is 28.5. The number of aliphatic carboxylic acids is 3. The Balaban J connectivity index is -0.000000179. The first-order chi connectivity index (χ1) is 21.6. The number of aliphatic hydroxyl groups is 3. The molecule has 0 saturated carbocycles. The summed E-state index contributed by atoms with van der Waals surface area (Å²) in [6.07, 6.45) is 0.594. The Morgan fingerprint density at radius 2 is 0.702 bits per heavy atom. The predicted octanol–water partition coefficient (Wildman–Crippen LogP) is 2.56. The summed E-state index contributed by atoms with van der Waals surface area (Å²) in [5.74, 6) is -3.66. The van der Waals surface area contributed by atoms with E-state index in [0.717, 1.165) is 0 Å². The van der Waals surface area contributed by atoms with Crippen molar-refractivity contribution in [1.29, 1.82) is 0 Å². The van der Waals surface area contributed by atoms with Gasteiger partial charge >= 0.3 is 29.8 Å². The van der Waals surface area contributed by atoms with Crippen LogP contribution in [-0.4, -0.2) is 120 Å². The maximum atomic E-state index is 11.0. The summed E-state index contributed by atoms with van der Waals surface area (Å²) in [6, 6.07) is 0. The second-order valence-corrected chi connectivity index (χ2v) is 9.64. The van der Waals surface area contributed by atoms with Crippen molar-refractivity contribution in [3.8, 4) is 0 Å². The molecule has 0 heterocycles. The Labute approximate surface area is 277 Å². The molecule has 0 saturated heterocycles. The molecule has 0 aliphatic heterocycles. The summed E-state index contributed by atoms with van der Waals surface area (Å²) >= 11 is 0. The molecular formula is C32H54O15. The maximum Gasteiger partial charge on any atom is 0.333 e. The molecule has 0 aromatic heterocycles. The minimum Gasteiger partial charge on any atom is -0.478 e. The Hall–Kier alpha value is -4.15. The molecule has 15 heteroatoms. The van der Waals surface area contributed by atoms with Crippen molar-refractivity contribution < 1.29 is 73.6 Å². The molecule has 272 valence electrons. The van der Waals surface area contributed by atoms with Crippen LogP contribution in [0.3, 0.4) is 0 Å². The Kier molecular flexibility index (Phi) is 37.0. The molecule has 0 aromatic rings. The van der Waals surface area contributed by atoms with Gasteiger partial charge in [0.1, 0.15) is 13.2 Å². The van der Waals surface area contributed by atoms with E-state index in [-0.39, 0.29) is 49.8 Å². The predicted molar refractivity (Wildman–Crippen MR) is 175 cm³/mol. The largest absolute Gasteiger partial charge is 0.478 e. The van der Waals surface area contributed by atoms with Gasteiger partial charge in [0.05, 0.1) is 46.2 Å². The number of carbonyl (C=O) groups is 5. The van der Waals surface area contributed by atoms with Gasteiger partial charge in [-0.1, -0.05) is 39.8 Å². The van der Waals surface area contributed by atoms with E-state index in [2.05, 4.69) is 32.9 Å². The molecule has 0 atom stereocenters. The number of rotatable bonds is 18. The number of hydrogen-bond donors (Lipinski definition) is 6. The molecule has 0 bridgehead atoms. The van der Waals surface area contributed by atoms with Gasteiger partial charge in [-0.15, -0.1) is 0 Å². The first-order valence-corrected chi connectivity index (χ1v) is 13.9. The van der Waals surface area contributed by atoms with E-state index in [4.69, 9.17) is 49.6 Å². The molecule has 0 spiro atoms. The Morgan fingerprint density at radius 3 is 0.830 bits per heavy atom. The van der Waals surface area contributed by atoms with Crippen molar-refractivity contribution in [1.82, 2.24) is 0 Å². The normalized spacial score (nSPS) is 9.38. The lowest BCUT2D eigenvalue weighted by Gasteiger charge is -2.24. The van der Waals surface area contributed by atoms with Crippen LogP contribution in [0.5, 0.6) is 0 Å². The fourth-order valence-corrected chi connectivity index (χ4v) is 1.44. The SMILES string of the molecule is C=C(C)C(=O)O.C=C(C)C(=O)O.C=C(C)C(=O)O.C=C(C)C(=O)OCCOCCOCCOC(=O)C(=C)C.CCC(CO)(CO)CO. The molecule has 0 aliphatic carbocycles. The van der Waals surface area contributed by atoms with Crippen molar-refractivity contribution in [3.63, 3.8) is 0 Å². The Bertz CT molecular complexity index is 863. The summed E-state index contributed by atoms with van der Waals surface area (Å²) in [5, 5.41) is 49.6. The van der Waals surface area contributed by atoms with E-state index in [1.165, 1.54) is 20.8 Å². The summed E-state index contributed by atoms with van der Waals surface area (Å²) in [7, 11) is 0. The van der Waals surface area contributed by atoms with E-state index in [9.17, 15) is 24.0 Å². The first kappa shape index (κ1) is 52.4. The average molecular weight is 679 g/mol. The summed E-state index contributed by atoms with van der Waals surface area (Å²) in [6.45, 7) is 26.9. The highest BCUT2D eigenvalue weighted by Crippen LogP contribution is 2.18. The molecule has 0 unspecified atom stereocenters. The van der Waals surface area contributed by atoms with Crippen molar-refractivity contribution in [2.75, 3.05) is 59.5 Å². The minimum absolute atomic E-state index is 0.156. The number of carboxylic acid groups (broad SMARTS) is 3. The van der Waals surface area contributed by atoms with Crippen molar-refractivity contribution >= 4 is 29.8 Å². The summed E-state index contributed by atoms with van der Waals surface area (Å²) < 4.78 is 20.0. The third kappa shape index (κ3) is 39.8. The lowest BCUT2D eigenvalue weighted by molar-refractivity contribution is -0.142. The van der Waals surface area contributed by atoms with Crippen LogP contribution in [0.15, 0.2) is 60.8 Å². The van der Waals surface area contributed by atoms with Crippen LogP contribution >= 0.6 is 0 Å². The van der Waals surface area contributed by atoms with Gasteiger partial charge in [0.25, 0.3) is 0 Å². The molecule has 15 nitrogen and oxygen atoms in total. The van der Waals surface area contributed by atoms with Gasteiger partial charge in [-0.05, 0) is 41.0 Å². The van der Waals surface area contributed by atoms with Crippen LogP contribution in [0.25, 0.3) is 0 Å². The van der Waals surface area contributed by atoms with E-state index in [1.54, 1.807) is 13.8 Å².